The lowest BCUT2D eigenvalue weighted by Gasteiger charge is -2.15. The van der Waals surface area contributed by atoms with E-state index in [1.54, 1.807) is 24.1 Å². The Bertz CT molecular complexity index is 1870. The van der Waals surface area contributed by atoms with Gasteiger partial charge in [-0.15, -0.1) is 0 Å². The van der Waals surface area contributed by atoms with Crippen molar-refractivity contribution in [2.24, 2.45) is 7.05 Å². The summed E-state index contributed by atoms with van der Waals surface area (Å²) in [6.07, 6.45) is 7.61. The van der Waals surface area contributed by atoms with Gasteiger partial charge in [0.25, 0.3) is 0 Å². The first-order chi connectivity index (χ1) is 20.1. The number of likely N-dealkylation sites (tertiary alicyclic amines) is 1. The van der Waals surface area contributed by atoms with E-state index in [2.05, 4.69) is 30.2 Å². The average Bonchev–Trinajstić information content (AvgIpc) is 3.77. The highest BCUT2D eigenvalue weighted by Crippen LogP contribution is 2.33. The molecule has 0 aliphatic carbocycles. The quantitative estimate of drug-likeness (QED) is 0.257. The van der Waals surface area contributed by atoms with Gasteiger partial charge in [0.2, 0.25) is 0 Å². The molecule has 5 aromatic heterocycles. The molecule has 0 bridgehead atoms. The third-order valence-corrected chi connectivity index (χ3v) is 7.41. The summed E-state index contributed by atoms with van der Waals surface area (Å²) in [6.45, 7) is 3.29. The van der Waals surface area contributed by atoms with Crippen molar-refractivity contribution in [3.63, 3.8) is 0 Å². The molecule has 0 spiro atoms. The molecule has 1 saturated heterocycles. The van der Waals surface area contributed by atoms with Crippen molar-refractivity contribution in [2.45, 2.75) is 19.4 Å². The van der Waals surface area contributed by atoms with Gasteiger partial charge in [0, 0.05) is 43.2 Å². The topological polar surface area (TPSA) is 134 Å². The first-order valence-corrected chi connectivity index (χ1v) is 13.5. The van der Waals surface area contributed by atoms with E-state index >= 15 is 0 Å². The molecule has 0 saturated carbocycles. The van der Waals surface area contributed by atoms with Gasteiger partial charge in [-0.2, -0.15) is 10.2 Å². The minimum atomic E-state index is -0.390. The number of aromatic nitrogens is 8. The molecule has 3 N–H and O–H groups in total. The fraction of sp³-hybridized carbons (Fsp3) is 0.276. The number of imidazole rings is 1. The third kappa shape index (κ3) is 4.81. The number of halogens is 1. The maximum atomic E-state index is 14.7. The van der Waals surface area contributed by atoms with Gasteiger partial charge in [0.05, 0.1) is 40.7 Å². The van der Waals surface area contributed by atoms with E-state index in [1.807, 2.05) is 24.4 Å². The molecule has 0 atom stereocenters. The Hall–Kier alpha value is -4.68. The molecule has 6 heterocycles. The molecule has 208 valence electrons. The number of nitrogens with one attached hydrogen (secondary N) is 2. The minimum absolute atomic E-state index is 0.196. The summed E-state index contributed by atoms with van der Waals surface area (Å²) in [7, 11) is 1.80. The van der Waals surface area contributed by atoms with Gasteiger partial charge in [-0.25, -0.2) is 14.4 Å². The molecule has 6 aromatic rings. The monoisotopic (exact) mass is 553 g/mol. The fourth-order valence-electron chi connectivity index (χ4n) is 5.44. The van der Waals surface area contributed by atoms with Crippen molar-refractivity contribution in [1.29, 1.82) is 0 Å². The SMILES string of the molecule is Cn1cc(-c2ccc3[nH]nc(-c4nc5c(-c6cc(F)cc(OCCN7CCCC7)c6)cncc5[nH]4)c3n2)c(CO)n1. The van der Waals surface area contributed by atoms with Gasteiger partial charge >= 0.3 is 0 Å². The van der Waals surface area contributed by atoms with Gasteiger partial charge in [0.15, 0.2) is 11.5 Å². The molecule has 0 amide bonds. The zero-order chi connectivity index (χ0) is 27.9. The Morgan fingerprint density at radius 3 is 2.76 bits per heavy atom. The van der Waals surface area contributed by atoms with Crippen LogP contribution < -0.4 is 4.74 Å². The Labute approximate surface area is 234 Å². The number of H-pyrrole nitrogens is 2. The number of aliphatic hydroxyl groups is 1. The van der Waals surface area contributed by atoms with Crippen molar-refractivity contribution < 1.29 is 14.2 Å². The fourth-order valence-corrected chi connectivity index (χ4v) is 5.44. The van der Waals surface area contributed by atoms with E-state index in [0.717, 1.165) is 30.7 Å². The summed E-state index contributed by atoms with van der Waals surface area (Å²) in [4.78, 5) is 19.7. The van der Waals surface area contributed by atoms with E-state index in [1.165, 1.54) is 25.0 Å². The number of ether oxygens (including phenoxy) is 1. The number of rotatable bonds is 8. The van der Waals surface area contributed by atoms with Crippen LogP contribution in [0.3, 0.4) is 0 Å². The summed E-state index contributed by atoms with van der Waals surface area (Å²) < 4.78 is 22.3. The maximum absolute atomic E-state index is 14.7. The number of pyridine rings is 2. The predicted molar refractivity (Wildman–Crippen MR) is 151 cm³/mol. The summed E-state index contributed by atoms with van der Waals surface area (Å²) >= 11 is 0. The van der Waals surface area contributed by atoms with Crippen LogP contribution >= 0.6 is 0 Å². The zero-order valence-corrected chi connectivity index (χ0v) is 22.4. The molecule has 11 nitrogen and oxygen atoms in total. The summed E-state index contributed by atoms with van der Waals surface area (Å²) in [5.74, 6) is 0.580. The number of aromatic amines is 2. The standard InChI is InChI=1S/C29H28FN9O2/c1-38-15-21(25(16-40)37-38)22-4-5-23-27(32-22)28(36-35-23)29-33-24-14-31-13-20(26(24)34-29)17-10-18(30)12-19(11-17)41-9-8-39-6-2-3-7-39/h4-5,10-15,40H,2-3,6-9,16H2,1H3,(H,33,34)(H,35,36). The van der Waals surface area contributed by atoms with Crippen molar-refractivity contribution in [3.05, 3.63) is 60.4 Å². The van der Waals surface area contributed by atoms with Gasteiger partial charge in [-0.3, -0.25) is 19.7 Å². The summed E-state index contributed by atoms with van der Waals surface area (Å²) in [5.41, 5.74) is 6.43. The van der Waals surface area contributed by atoms with Crippen LogP contribution in [0.5, 0.6) is 5.75 Å². The van der Waals surface area contributed by atoms with Gasteiger partial charge in [-0.05, 0) is 55.8 Å². The number of hydrogen-bond donors (Lipinski definition) is 3. The van der Waals surface area contributed by atoms with Gasteiger partial charge in [-0.1, -0.05) is 0 Å². The second-order valence-electron chi connectivity index (χ2n) is 10.2. The molecule has 1 aliphatic rings. The number of fused-ring (bicyclic) bond motifs is 2. The number of aryl methyl sites for hydroxylation is 1. The number of aliphatic hydroxyl groups excluding tert-OH is 1. The van der Waals surface area contributed by atoms with Crippen LogP contribution in [0.4, 0.5) is 4.39 Å². The lowest BCUT2D eigenvalue weighted by Crippen LogP contribution is -2.25. The van der Waals surface area contributed by atoms with Crippen LogP contribution in [0.1, 0.15) is 18.5 Å². The molecule has 1 fully saturated rings. The zero-order valence-electron chi connectivity index (χ0n) is 22.4. The third-order valence-electron chi connectivity index (χ3n) is 7.41. The van der Waals surface area contributed by atoms with Crippen molar-refractivity contribution >= 4 is 22.1 Å². The van der Waals surface area contributed by atoms with Crippen LogP contribution in [0, 0.1) is 5.82 Å². The van der Waals surface area contributed by atoms with Crippen LogP contribution in [-0.2, 0) is 13.7 Å². The smallest absolute Gasteiger partial charge is 0.161 e. The van der Waals surface area contributed by atoms with Crippen molar-refractivity contribution in [2.75, 3.05) is 26.2 Å². The molecule has 0 radical (unpaired) electrons. The Kier molecular flexibility index (Phi) is 6.40. The molecule has 41 heavy (non-hydrogen) atoms. The van der Waals surface area contributed by atoms with Gasteiger partial charge < -0.3 is 14.8 Å². The molecular formula is C29H28FN9O2. The Morgan fingerprint density at radius 1 is 1.02 bits per heavy atom. The number of nitrogens with zero attached hydrogens (tertiary/aromatic N) is 7. The highest BCUT2D eigenvalue weighted by molar-refractivity contribution is 5.96. The van der Waals surface area contributed by atoms with E-state index in [-0.39, 0.29) is 12.4 Å². The molecule has 0 unspecified atom stereocenters. The molecule has 1 aliphatic heterocycles. The predicted octanol–water partition coefficient (Wildman–Crippen LogP) is 4.07. The van der Waals surface area contributed by atoms with Gasteiger partial charge in [0.1, 0.15) is 23.7 Å². The second-order valence-corrected chi connectivity index (χ2v) is 10.2. The van der Waals surface area contributed by atoms with Crippen LogP contribution in [0.2, 0.25) is 0 Å². The molecule has 12 heteroatoms. The van der Waals surface area contributed by atoms with E-state index in [9.17, 15) is 9.50 Å². The summed E-state index contributed by atoms with van der Waals surface area (Å²) in [6, 6.07) is 8.43. The van der Waals surface area contributed by atoms with Crippen molar-refractivity contribution in [3.8, 4) is 39.7 Å². The highest BCUT2D eigenvalue weighted by atomic mass is 19.1. The second kappa shape index (κ2) is 10.4. The molecule has 1 aromatic carbocycles. The van der Waals surface area contributed by atoms with E-state index in [0.29, 0.717) is 62.9 Å². The number of benzene rings is 1. The normalized spacial score (nSPS) is 14.0. The van der Waals surface area contributed by atoms with Crippen LogP contribution in [0.25, 0.3) is 56.0 Å². The minimum Gasteiger partial charge on any atom is -0.492 e. The molecule has 7 rings (SSSR count). The lowest BCUT2D eigenvalue weighted by molar-refractivity contribution is 0.237. The van der Waals surface area contributed by atoms with Crippen LogP contribution in [0.15, 0.2) is 48.9 Å². The average molecular weight is 554 g/mol. The largest absolute Gasteiger partial charge is 0.492 e. The van der Waals surface area contributed by atoms with Crippen LogP contribution in [-0.4, -0.2) is 76.2 Å². The Morgan fingerprint density at radius 2 is 1.90 bits per heavy atom. The maximum Gasteiger partial charge on any atom is 0.161 e. The first kappa shape index (κ1) is 25.3. The highest BCUT2D eigenvalue weighted by Gasteiger charge is 2.19. The van der Waals surface area contributed by atoms with E-state index in [4.69, 9.17) is 14.7 Å². The first-order valence-electron chi connectivity index (χ1n) is 13.5. The lowest BCUT2D eigenvalue weighted by atomic mass is 10.1. The van der Waals surface area contributed by atoms with E-state index < -0.39 is 0 Å². The summed E-state index contributed by atoms with van der Waals surface area (Å²) in [5, 5.41) is 21.6. The van der Waals surface area contributed by atoms with Crippen molar-refractivity contribution in [1.82, 2.24) is 44.8 Å². The number of hydrogen-bond acceptors (Lipinski definition) is 8. The molecular weight excluding hydrogens is 525 g/mol. The Balaban J connectivity index is 1.23.